The van der Waals surface area contributed by atoms with E-state index in [9.17, 15) is 61.5 Å². The molecule has 0 nitrogen and oxygen atoms in total. The summed E-state index contributed by atoms with van der Waals surface area (Å²) in [5, 5.41) is 0. The standard InChI is InChI=1S/C9H3F14I/c10-3(11)1-4(12,13)2-5(14,15)6(16,17)7(18,19)8(20,21)9(22,23)24/h1H,2H2. The summed E-state index contributed by atoms with van der Waals surface area (Å²) < 4.78 is 171. The first kappa shape index (κ1) is 23.5. The molecule has 0 atom stereocenters. The Morgan fingerprint density at radius 2 is 1.04 bits per heavy atom. The van der Waals surface area contributed by atoms with Crippen molar-refractivity contribution in [3.63, 3.8) is 0 Å². The molecular weight excluding hydrogens is 501 g/mol. The van der Waals surface area contributed by atoms with Crippen molar-refractivity contribution < 1.29 is 61.5 Å². The second kappa shape index (κ2) is 6.34. The van der Waals surface area contributed by atoms with Gasteiger partial charge in [-0.15, -0.1) is 0 Å². The van der Waals surface area contributed by atoms with E-state index in [4.69, 9.17) is 0 Å². The van der Waals surface area contributed by atoms with Gasteiger partial charge in [-0.3, -0.25) is 0 Å². The van der Waals surface area contributed by atoms with Crippen molar-refractivity contribution in [3.05, 3.63) is 12.2 Å². The molecule has 15 heteroatoms. The van der Waals surface area contributed by atoms with Gasteiger partial charge in [0.15, 0.2) is 0 Å². The predicted octanol–water partition coefficient (Wildman–Crippen LogP) is 6.36. The zero-order valence-corrected chi connectivity index (χ0v) is 12.6. The number of alkyl halides is 13. The van der Waals surface area contributed by atoms with Crippen LogP contribution in [0.1, 0.15) is 6.42 Å². The van der Waals surface area contributed by atoms with Gasteiger partial charge in [0.25, 0.3) is 12.0 Å². The van der Waals surface area contributed by atoms with Crippen LogP contribution in [-0.4, -0.2) is 33.5 Å². The van der Waals surface area contributed by atoms with Crippen LogP contribution >= 0.6 is 22.6 Å². The number of hydrogen-bond acceptors (Lipinski definition) is 0. The number of allylic oxidation sites excluding steroid dienone is 1. The van der Waals surface area contributed by atoms with Crippen molar-refractivity contribution in [2.24, 2.45) is 0 Å². The lowest BCUT2D eigenvalue weighted by molar-refractivity contribution is -0.390. The molecule has 0 rings (SSSR count). The van der Waals surface area contributed by atoms with Gasteiger partial charge in [-0.05, 0) is 0 Å². The molecule has 0 saturated heterocycles. The van der Waals surface area contributed by atoms with Gasteiger partial charge in [0.1, 0.15) is 0 Å². The highest BCUT2D eigenvalue weighted by Crippen LogP contribution is 2.59. The molecule has 0 heterocycles. The largest absolute Gasteiger partial charge is 0.387 e. The van der Waals surface area contributed by atoms with Gasteiger partial charge >= 0.3 is 27.6 Å². The smallest absolute Gasteiger partial charge is 0.202 e. The molecule has 0 unspecified atom stereocenters. The molecule has 0 radical (unpaired) electrons. The van der Waals surface area contributed by atoms with Crippen LogP contribution in [0, 0.1) is 0 Å². The van der Waals surface area contributed by atoms with E-state index in [1.165, 1.54) is 0 Å². The Labute approximate surface area is 137 Å². The molecule has 0 saturated carbocycles. The van der Waals surface area contributed by atoms with E-state index >= 15 is 0 Å². The van der Waals surface area contributed by atoms with Crippen molar-refractivity contribution >= 4 is 22.6 Å². The fourth-order valence-corrected chi connectivity index (χ4v) is 1.56. The number of hydrogen-bond donors (Lipinski definition) is 0. The lowest BCUT2D eigenvalue weighted by Gasteiger charge is -2.38. The molecule has 0 amide bonds. The van der Waals surface area contributed by atoms with Crippen molar-refractivity contribution in [1.82, 2.24) is 0 Å². The lowest BCUT2D eigenvalue weighted by Crippen LogP contribution is -2.66. The SMILES string of the molecule is FC(F)=CC(F)(F)CC(F)(F)C(F)(F)C(F)(F)C(F)(F)C(F)(F)I. The first-order valence-electron chi connectivity index (χ1n) is 5.12. The predicted molar refractivity (Wildman–Crippen MR) is 58.6 cm³/mol. The normalized spacial score (nSPS) is 15.5. The zero-order valence-electron chi connectivity index (χ0n) is 10.5. The molecule has 0 fully saturated rings. The lowest BCUT2D eigenvalue weighted by atomic mass is 9.94. The summed E-state index contributed by atoms with van der Waals surface area (Å²) in [6, 6.07) is 0. The van der Waals surface area contributed by atoms with E-state index in [-0.39, 0.29) is 0 Å². The van der Waals surface area contributed by atoms with E-state index in [2.05, 4.69) is 0 Å². The molecule has 0 aliphatic carbocycles. The van der Waals surface area contributed by atoms with Crippen molar-refractivity contribution in [1.29, 1.82) is 0 Å². The third kappa shape index (κ3) is 4.17. The van der Waals surface area contributed by atoms with Crippen molar-refractivity contribution in [2.75, 3.05) is 0 Å². The maximum atomic E-state index is 13.0. The van der Waals surface area contributed by atoms with Crippen LogP contribution in [0.4, 0.5) is 61.5 Å². The summed E-state index contributed by atoms with van der Waals surface area (Å²) in [4.78, 5) is 0. The number of rotatable bonds is 7. The Hall–Kier alpha value is -0.510. The average molecular weight is 504 g/mol. The number of halogens is 15. The topological polar surface area (TPSA) is 0 Å². The van der Waals surface area contributed by atoms with E-state index in [1.54, 1.807) is 0 Å². The molecule has 0 spiro atoms. The maximum absolute atomic E-state index is 13.0. The summed E-state index contributed by atoms with van der Waals surface area (Å²) in [6.07, 6.45) is -8.74. The summed E-state index contributed by atoms with van der Waals surface area (Å²) >= 11 is -0.741. The van der Waals surface area contributed by atoms with E-state index in [0.717, 1.165) is 0 Å². The highest BCUT2D eigenvalue weighted by Gasteiger charge is 2.86. The van der Waals surface area contributed by atoms with Crippen LogP contribution in [0.2, 0.25) is 0 Å². The fraction of sp³-hybridized carbons (Fsp3) is 0.778. The molecule has 144 valence electrons. The van der Waals surface area contributed by atoms with Gasteiger partial charge in [-0.1, -0.05) is 0 Å². The average Bonchev–Trinajstić information content (AvgIpc) is 2.22. The Kier molecular flexibility index (Phi) is 6.20. The highest BCUT2D eigenvalue weighted by molar-refractivity contribution is 14.1. The van der Waals surface area contributed by atoms with Gasteiger partial charge in [0, 0.05) is 28.7 Å². The van der Waals surface area contributed by atoms with Crippen LogP contribution in [0.3, 0.4) is 0 Å². The van der Waals surface area contributed by atoms with Gasteiger partial charge < -0.3 is 0 Å². The minimum atomic E-state index is -7.50. The van der Waals surface area contributed by atoms with Crippen LogP contribution in [-0.2, 0) is 0 Å². The molecule has 0 bridgehead atoms. The first-order valence-corrected chi connectivity index (χ1v) is 6.20. The summed E-state index contributed by atoms with van der Waals surface area (Å²) in [5.41, 5.74) is 0. The van der Waals surface area contributed by atoms with E-state index < -0.39 is 74.7 Å². The fourth-order valence-electron chi connectivity index (χ4n) is 1.22. The molecule has 0 N–H and O–H groups in total. The first-order chi connectivity index (χ1) is 10.1. The molecule has 0 aromatic rings. The highest BCUT2D eigenvalue weighted by atomic mass is 127. The Morgan fingerprint density at radius 1 is 0.667 bits per heavy atom. The van der Waals surface area contributed by atoms with Gasteiger partial charge in [-0.2, -0.15) is 52.7 Å². The summed E-state index contributed by atoms with van der Waals surface area (Å²) in [6.45, 7) is 0. The van der Waals surface area contributed by atoms with Gasteiger partial charge in [0.05, 0.1) is 6.42 Å². The third-order valence-electron chi connectivity index (χ3n) is 2.38. The quantitative estimate of drug-likeness (QED) is 0.215. The second-order valence-electron chi connectivity index (χ2n) is 4.30. The zero-order chi connectivity index (χ0) is 20.0. The third-order valence-corrected chi connectivity index (χ3v) is 3.06. The van der Waals surface area contributed by atoms with Crippen LogP contribution < -0.4 is 0 Å². The van der Waals surface area contributed by atoms with Crippen molar-refractivity contribution in [3.8, 4) is 0 Å². The van der Waals surface area contributed by atoms with E-state index in [0.29, 0.717) is 0 Å². The molecule has 0 aromatic carbocycles. The minimum Gasteiger partial charge on any atom is -0.202 e. The van der Waals surface area contributed by atoms with Gasteiger partial charge in [-0.25, -0.2) is 8.78 Å². The minimum absolute atomic E-state index is 0.741. The monoisotopic (exact) mass is 504 g/mol. The van der Waals surface area contributed by atoms with Gasteiger partial charge in [0.2, 0.25) is 0 Å². The Balaban J connectivity index is 5.99. The molecule has 0 aliphatic heterocycles. The molecule has 0 aliphatic rings. The molecule has 24 heavy (non-hydrogen) atoms. The van der Waals surface area contributed by atoms with Crippen molar-refractivity contribution in [2.45, 2.75) is 40.0 Å². The van der Waals surface area contributed by atoms with Crippen LogP contribution in [0.25, 0.3) is 0 Å². The van der Waals surface area contributed by atoms with Crippen LogP contribution in [0.15, 0.2) is 12.2 Å². The Morgan fingerprint density at radius 3 is 1.33 bits per heavy atom. The molecular formula is C9H3F14I. The second-order valence-corrected chi connectivity index (χ2v) is 5.65. The maximum Gasteiger partial charge on any atom is 0.387 e. The molecule has 0 aromatic heterocycles. The summed E-state index contributed by atoms with van der Waals surface area (Å²) in [5.74, 6) is -34.3. The van der Waals surface area contributed by atoms with Crippen LogP contribution in [0.5, 0.6) is 0 Å². The van der Waals surface area contributed by atoms with E-state index in [1.807, 2.05) is 0 Å². The Bertz CT molecular complexity index is 483. The summed E-state index contributed by atoms with van der Waals surface area (Å²) in [7, 11) is 0.